The van der Waals surface area contributed by atoms with Gasteiger partial charge in [0, 0.05) is 5.33 Å². The second kappa shape index (κ2) is 26.0. The lowest BCUT2D eigenvalue weighted by molar-refractivity contribution is 0.0154. The highest BCUT2D eigenvalue weighted by Crippen LogP contribution is 2.17. The van der Waals surface area contributed by atoms with Gasteiger partial charge in [-0.05, 0) is 38.5 Å². The van der Waals surface area contributed by atoms with Gasteiger partial charge in [-0.3, -0.25) is 0 Å². The molecule has 0 saturated heterocycles. The number of rotatable bonds is 24. The number of hydrogen-bond acceptors (Lipinski definition) is 3. The minimum Gasteiger partial charge on any atom is -0.434 e. The van der Waals surface area contributed by atoms with Crippen LogP contribution >= 0.6 is 15.9 Å². The molecule has 4 heteroatoms. The van der Waals surface area contributed by atoms with Crippen LogP contribution in [-0.2, 0) is 9.47 Å². The molecule has 1 unspecified atom stereocenters. The van der Waals surface area contributed by atoms with Gasteiger partial charge in [0.2, 0.25) is 0 Å². The number of carbonyl (C=O) groups is 1. The molecule has 1 atom stereocenters. The van der Waals surface area contributed by atoms with E-state index in [0.29, 0.717) is 6.61 Å². The van der Waals surface area contributed by atoms with Gasteiger partial charge in [0.05, 0.1) is 6.61 Å². The third-order valence-corrected chi connectivity index (χ3v) is 6.58. The molecule has 0 amide bonds. The lowest BCUT2D eigenvalue weighted by Gasteiger charge is -2.18. The third kappa shape index (κ3) is 24.2. The Labute approximate surface area is 202 Å². The summed E-state index contributed by atoms with van der Waals surface area (Å²) in [7, 11) is 0. The maximum absolute atomic E-state index is 12.1. The predicted molar refractivity (Wildman–Crippen MR) is 138 cm³/mol. The highest BCUT2D eigenvalue weighted by Gasteiger charge is 2.15. The Bertz CT molecular complexity index is 362. The normalized spacial score (nSPS) is 12.1. The maximum Gasteiger partial charge on any atom is 0.508 e. The zero-order chi connectivity index (χ0) is 22.8. The van der Waals surface area contributed by atoms with E-state index in [2.05, 4.69) is 29.8 Å². The highest BCUT2D eigenvalue weighted by atomic mass is 79.9. The lowest BCUT2D eigenvalue weighted by Crippen LogP contribution is -2.19. The summed E-state index contributed by atoms with van der Waals surface area (Å²) in [6.07, 6.45) is 25.5. The third-order valence-electron chi connectivity index (χ3n) is 6.02. The lowest BCUT2D eigenvalue weighted by atomic mass is 10.0. The van der Waals surface area contributed by atoms with Crippen molar-refractivity contribution in [3.63, 3.8) is 0 Å². The minimum atomic E-state index is -0.448. The van der Waals surface area contributed by atoms with Crippen molar-refractivity contribution in [3.05, 3.63) is 0 Å². The van der Waals surface area contributed by atoms with E-state index < -0.39 is 6.16 Å². The minimum absolute atomic E-state index is 0.0400. The molecule has 0 rings (SSSR count). The molecule has 0 saturated carbocycles. The van der Waals surface area contributed by atoms with Gasteiger partial charge in [-0.25, -0.2) is 4.79 Å². The van der Waals surface area contributed by atoms with E-state index in [0.717, 1.165) is 43.9 Å². The van der Waals surface area contributed by atoms with Crippen molar-refractivity contribution < 1.29 is 14.3 Å². The fourth-order valence-electron chi connectivity index (χ4n) is 3.97. The molecular formula is C27H53BrO3. The Balaban J connectivity index is 3.89. The zero-order valence-corrected chi connectivity index (χ0v) is 22.5. The Morgan fingerprint density at radius 1 is 0.613 bits per heavy atom. The quantitative estimate of drug-likeness (QED) is 0.0744. The first kappa shape index (κ1) is 30.8. The van der Waals surface area contributed by atoms with Crippen LogP contribution in [0, 0.1) is 0 Å². The maximum atomic E-state index is 12.1. The molecule has 3 nitrogen and oxygen atoms in total. The number of alkyl halides is 1. The second-order valence-electron chi connectivity index (χ2n) is 9.12. The zero-order valence-electron chi connectivity index (χ0n) is 20.9. The van der Waals surface area contributed by atoms with E-state index in [1.165, 1.54) is 96.3 Å². The number of ether oxygens (including phenoxy) is 2. The average molecular weight is 506 g/mol. The van der Waals surface area contributed by atoms with Crippen molar-refractivity contribution in [2.24, 2.45) is 0 Å². The summed E-state index contributed by atoms with van der Waals surface area (Å²) in [4.78, 5) is 12.1. The molecule has 0 aliphatic rings. The van der Waals surface area contributed by atoms with Gasteiger partial charge in [-0.15, -0.1) is 0 Å². The Morgan fingerprint density at radius 3 is 1.55 bits per heavy atom. The SMILES string of the molecule is CCCCCCCCCCCC(CCCCCC)OC(=O)OCCCCCCCCBr. The van der Waals surface area contributed by atoms with Gasteiger partial charge in [0.1, 0.15) is 6.10 Å². The summed E-state index contributed by atoms with van der Waals surface area (Å²) < 4.78 is 11.0. The Hall–Kier alpha value is -0.250. The largest absolute Gasteiger partial charge is 0.508 e. The van der Waals surface area contributed by atoms with E-state index in [1.807, 2.05) is 0 Å². The summed E-state index contributed by atoms with van der Waals surface area (Å²) in [5.41, 5.74) is 0. The number of unbranched alkanes of at least 4 members (excludes halogenated alkanes) is 16. The van der Waals surface area contributed by atoms with Crippen LogP contribution in [0.5, 0.6) is 0 Å². The van der Waals surface area contributed by atoms with Crippen LogP contribution < -0.4 is 0 Å². The molecule has 0 N–H and O–H groups in total. The molecule has 31 heavy (non-hydrogen) atoms. The molecule has 0 spiro atoms. The average Bonchev–Trinajstić information content (AvgIpc) is 2.77. The topological polar surface area (TPSA) is 35.5 Å². The van der Waals surface area contributed by atoms with Crippen molar-refractivity contribution in [3.8, 4) is 0 Å². The summed E-state index contributed by atoms with van der Waals surface area (Å²) >= 11 is 3.47. The molecule has 0 aromatic heterocycles. The van der Waals surface area contributed by atoms with Gasteiger partial charge in [0.15, 0.2) is 0 Å². The molecular weight excluding hydrogens is 452 g/mol. The van der Waals surface area contributed by atoms with E-state index in [1.54, 1.807) is 0 Å². The fourth-order valence-corrected chi connectivity index (χ4v) is 4.37. The Kier molecular flexibility index (Phi) is 25.8. The van der Waals surface area contributed by atoms with Gasteiger partial charge < -0.3 is 9.47 Å². The van der Waals surface area contributed by atoms with Crippen LogP contribution in [0.2, 0.25) is 0 Å². The van der Waals surface area contributed by atoms with Crippen LogP contribution in [-0.4, -0.2) is 24.2 Å². The van der Waals surface area contributed by atoms with Crippen LogP contribution in [0.1, 0.15) is 149 Å². The number of halogens is 1. The first-order valence-electron chi connectivity index (χ1n) is 13.6. The standard InChI is InChI=1S/C27H53BrO3/c1-3-5-7-9-10-11-12-15-19-23-26(22-18-8-6-4-2)31-27(29)30-25-21-17-14-13-16-20-24-28/h26H,3-25H2,1-2H3. The van der Waals surface area contributed by atoms with Gasteiger partial charge in [0.25, 0.3) is 0 Å². The van der Waals surface area contributed by atoms with Crippen molar-refractivity contribution >= 4 is 22.1 Å². The van der Waals surface area contributed by atoms with E-state index in [-0.39, 0.29) is 6.10 Å². The van der Waals surface area contributed by atoms with Gasteiger partial charge >= 0.3 is 6.16 Å². The van der Waals surface area contributed by atoms with Gasteiger partial charge in [-0.1, -0.05) is 126 Å². The summed E-state index contributed by atoms with van der Waals surface area (Å²) in [5, 5.41) is 1.10. The van der Waals surface area contributed by atoms with Crippen molar-refractivity contribution in [1.82, 2.24) is 0 Å². The van der Waals surface area contributed by atoms with Gasteiger partial charge in [-0.2, -0.15) is 0 Å². The van der Waals surface area contributed by atoms with E-state index >= 15 is 0 Å². The van der Waals surface area contributed by atoms with Crippen LogP contribution in [0.15, 0.2) is 0 Å². The van der Waals surface area contributed by atoms with Crippen LogP contribution in [0.25, 0.3) is 0 Å². The molecule has 0 aliphatic heterocycles. The van der Waals surface area contributed by atoms with Crippen LogP contribution in [0.4, 0.5) is 4.79 Å². The number of hydrogen-bond donors (Lipinski definition) is 0. The van der Waals surface area contributed by atoms with E-state index in [9.17, 15) is 4.79 Å². The number of carbonyl (C=O) groups excluding carboxylic acids is 1. The first-order chi connectivity index (χ1) is 15.2. The van der Waals surface area contributed by atoms with Crippen molar-refractivity contribution in [2.45, 2.75) is 155 Å². The summed E-state index contributed by atoms with van der Waals surface area (Å²) in [6.45, 7) is 5.00. The molecule has 0 aromatic carbocycles. The summed E-state index contributed by atoms with van der Waals surface area (Å²) in [6, 6.07) is 0. The summed E-state index contributed by atoms with van der Waals surface area (Å²) in [5.74, 6) is 0. The van der Waals surface area contributed by atoms with Crippen molar-refractivity contribution in [1.29, 1.82) is 0 Å². The Morgan fingerprint density at radius 2 is 1.03 bits per heavy atom. The molecule has 0 bridgehead atoms. The highest BCUT2D eigenvalue weighted by molar-refractivity contribution is 9.09. The molecule has 0 fully saturated rings. The molecule has 186 valence electrons. The fraction of sp³-hybridized carbons (Fsp3) is 0.963. The molecule has 0 radical (unpaired) electrons. The predicted octanol–water partition coefficient (Wildman–Crippen LogP) is 10.1. The van der Waals surface area contributed by atoms with E-state index in [4.69, 9.17) is 9.47 Å². The molecule has 0 aliphatic carbocycles. The smallest absolute Gasteiger partial charge is 0.434 e. The first-order valence-corrected chi connectivity index (χ1v) is 14.8. The second-order valence-corrected chi connectivity index (χ2v) is 9.91. The van der Waals surface area contributed by atoms with Crippen molar-refractivity contribution in [2.75, 3.05) is 11.9 Å². The molecule has 0 aromatic rings. The van der Waals surface area contributed by atoms with Crippen LogP contribution in [0.3, 0.4) is 0 Å². The monoisotopic (exact) mass is 504 g/mol. The molecule has 0 heterocycles.